The summed E-state index contributed by atoms with van der Waals surface area (Å²) in [5.74, 6) is 0. The molecule has 0 bridgehead atoms. The predicted molar refractivity (Wildman–Crippen MR) is 556 cm³/mol. The van der Waals surface area contributed by atoms with Gasteiger partial charge >= 0.3 is 0 Å². The standard InChI is InChI=1S/C60H41NOSi.C49H36Si.C12H7BrO.CH4.B/c1-5-20-42(21-6-1)48-28-13-15-30-50(48)44-36-38-54-58(40-44)63(46-24-9-3-10-25-46,47-26-11-4-12-27-47)59-41-45(51-31-16-14-29-49(51)43-22-7-2-8-23-43)37-39-55(59)61(54)56-34-19-33-53-52-32-17-18-35-57(52)62-60(53)56;1-5-17-36(18-6-1)44-25-13-15-27-46(44)38-29-31-40-33-41-32-30-39(47-28-16-14-26-45(47)37-19-7-2-8-20-37)35-49(41)50(48(40)34-38,42-21-9-3-10-22-42)43-23-11-4-12-24-43;13-10-6-3-5-9-8-4-1-2-7-11(8)14-12(9)10;;/h1-41H;1-32,34-35H,33H2;1-7H;1H4;. The van der Waals surface area contributed by atoms with Gasteiger partial charge in [-0.15, -0.1) is 0 Å². The van der Waals surface area contributed by atoms with Crippen LogP contribution in [0.5, 0.6) is 0 Å². The predicted octanol–water partition coefficient (Wildman–Crippen LogP) is 27.7. The first-order valence-electron chi connectivity index (χ1n) is 43.6. The molecule has 4 heterocycles. The lowest BCUT2D eigenvalue weighted by atomic mass is 9.92. The quantitative estimate of drug-likeness (QED) is 0.108. The highest BCUT2D eigenvalue weighted by molar-refractivity contribution is 9.10. The Morgan fingerprint density at radius 3 is 0.814 bits per heavy atom. The Hall–Kier alpha value is -15.2. The first-order chi connectivity index (χ1) is 62.9. The summed E-state index contributed by atoms with van der Waals surface area (Å²) in [7, 11) is -5.94. The molecule has 2 aromatic heterocycles. The zero-order chi connectivity index (χ0) is 84.6. The highest BCUT2D eigenvalue weighted by Crippen LogP contribution is 2.48. The molecule has 0 fully saturated rings. The van der Waals surface area contributed by atoms with E-state index in [0.29, 0.717) is 0 Å². The fourth-order valence-corrected chi connectivity index (χ4v) is 31.1. The third kappa shape index (κ3) is 14.7. The maximum absolute atomic E-state index is 6.87. The number of nitrogens with zero attached hydrogens (tertiary/aromatic N) is 1. The van der Waals surface area contributed by atoms with Crippen molar-refractivity contribution in [1.29, 1.82) is 0 Å². The Balaban J connectivity index is 0.000000141. The van der Waals surface area contributed by atoms with E-state index >= 15 is 0 Å². The monoisotopic (exact) mass is 1740 g/mol. The van der Waals surface area contributed by atoms with Crippen molar-refractivity contribution in [3.63, 3.8) is 0 Å². The summed E-state index contributed by atoms with van der Waals surface area (Å²) >= 11 is 3.48. The molecule has 0 saturated carbocycles. The summed E-state index contributed by atoms with van der Waals surface area (Å²) in [5.41, 5.74) is 29.5. The molecule has 129 heavy (non-hydrogen) atoms. The number of furan rings is 2. The van der Waals surface area contributed by atoms with E-state index in [-0.39, 0.29) is 15.8 Å². The fourth-order valence-electron chi connectivity index (χ4n) is 20.1. The Kier molecular flexibility index (Phi) is 22.7. The van der Waals surface area contributed by atoms with Gasteiger partial charge in [-0.3, -0.25) is 0 Å². The lowest BCUT2D eigenvalue weighted by molar-refractivity contribution is 0.667. The van der Waals surface area contributed by atoms with Gasteiger partial charge in [-0.05, 0) is 200 Å². The Labute approximate surface area is 766 Å². The zero-order valence-electron chi connectivity index (χ0n) is 70.3. The molecule has 0 spiro atoms. The van der Waals surface area contributed by atoms with E-state index in [4.69, 9.17) is 8.83 Å². The van der Waals surface area contributed by atoms with Crippen LogP contribution in [0.4, 0.5) is 17.1 Å². The van der Waals surface area contributed by atoms with Crippen LogP contribution in [0.1, 0.15) is 18.6 Å². The molecule has 3 nitrogen and oxygen atoms in total. The number of benzene rings is 20. The van der Waals surface area contributed by atoms with Crippen molar-refractivity contribution in [1.82, 2.24) is 0 Å². The summed E-state index contributed by atoms with van der Waals surface area (Å²) in [6.07, 6.45) is 0.917. The van der Waals surface area contributed by atoms with Gasteiger partial charge in [0.05, 0.1) is 10.2 Å². The van der Waals surface area contributed by atoms with Gasteiger partial charge in [0.1, 0.15) is 16.7 Å². The average molecular weight is 1750 g/mol. The molecule has 24 rings (SSSR count). The van der Waals surface area contributed by atoms with E-state index in [1.54, 1.807) is 0 Å². The highest BCUT2D eigenvalue weighted by Gasteiger charge is 2.51. The van der Waals surface area contributed by atoms with E-state index < -0.39 is 16.1 Å². The summed E-state index contributed by atoms with van der Waals surface area (Å²) in [6.45, 7) is 0. The third-order valence-corrected chi connectivity index (χ3v) is 36.2. The van der Waals surface area contributed by atoms with Crippen molar-refractivity contribution < 1.29 is 8.83 Å². The molecule has 611 valence electrons. The molecule has 0 amide bonds. The SMILES string of the molecule is Brc1cccc2c1oc1ccccc12.C.[B].c1ccc(-c2ccccc2-c2ccc3c(c2)[Si](c2ccccc2)(c2ccccc2)c2cc(-c4ccccc4-c4ccccc4)ccc2C3)cc1.c1ccc(-c2ccccc2-c2ccc3c(c2)[Si](c2ccccc2)(c2ccccc2)c2cc(-c4ccccc4-c4ccccc4)ccc2N3c2cccc3c2oc2ccccc23)cc1. The molecule has 0 aliphatic carbocycles. The lowest BCUT2D eigenvalue weighted by Gasteiger charge is -2.45. The highest BCUT2D eigenvalue weighted by atomic mass is 79.9. The number of para-hydroxylation sites is 4. The number of hydrogen-bond acceptors (Lipinski definition) is 3. The summed E-state index contributed by atoms with van der Waals surface area (Å²) in [4.78, 5) is 2.49. The Morgan fingerprint density at radius 2 is 0.465 bits per heavy atom. The molecule has 20 aromatic carbocycles. The van der Waals surface area contributed by atoms with Crippen molar-refractivity contribution >= 4 is 143 Å². The molecule has 0 saturated heterocycles. The minimum Gasteiger partial charge on any atom is -0.455 e. The summed E-state index contributed by atoms with van der Waals surface area (Å²) in [5, 5.41) is 15.7. The number of halogens is 1. The average Bonchev–Trinajstić information content (AvgIpc) is 1.29. The maximum Gasteiger partial charge on any atom is 0.184 e. The van der Waals surface area contributed by atoms with Gasteiger partial charge in [-0.25, -0.2) is 0 Å². The Bertz CT molecular complexity index is 7450. The van der Waals surface area contributed by atoms with Crippen LogP contribution in [-0.2, 0) is 6.42 Å². The van der Waals surface area contributed by atoms with Crippen LogP contribution in [0, 0.1) is 0 Å². The number of fused-ring (bicyclic) bond motifs is 10. The Morgan fingerprint density at radius 1 is 0.209 bits per heavy atom. The van der Waals surface area contributed by atoms with Crippen molar-refractivity contribution in [3.8, 4) is 89.0 Å². The van der Waals surface area contributed by atoms with Crippen LogP contribution < -0.4 is 46.4 Å². The van der Waals surface area contributed by atoms with Crippen LogP contribution in [0.2, 0.25) is 0 Å². The van der Waals surface area contributed by atoms with Crippen molar-refractivity contribution in [2.75, 3.05) is 4.90 Å². The van der Waals surface area contributed by atoms with Gasteiger partial charge in [-0.2, -0.15) is 0 Å². The van der Waals surface area contributed by atoms with Gasteiger partial charge < -0.3 is 13.7 Å². The van der Waals surface area contributed by atoms with Crippen LogP contribution in [-0.4, -0.2) is 24.6 Å². The van der Waals surface area contributed by atoms with Crippen LogP contribution in [0.25, 0.3) is 133 Å². The lowest BCUT2D eigenvalue weighted by Crippen LogP contribution is -2.77. The topological polar surface area (TPSA) is 29.5 Å². The van der Waals surface area contributed by atoms with E-state index in [1.807, 2.05) is 30.3 Å². The van der Waals surface area contributed by atoms with Crippen LogP contribution in [0.3, 0.4) is 0 Å². The van der Waals surface area contributed by atoms with Gasteiger partial charge in [0.15, 0.2) is 21.7 Å². The minimum atomic E-state index is -3.14. The summed E-state index contributed by atoms with van der Waals surface area (Å²) in [6, 6.07) is 182. The molecular formula is C122H88BBrNO2Si2. The van der Waals surface area contributed by atoms with Gasteiger partial charge in [0, 0.05) is 41.3 Å². The number of rotatable bonds is 13. The largest absolute Gasteiger partial charge is 0.455 e. The molecule has 7 heteroatoms. The van der Waals surface area contributed by atoms with E-state index in [1.165, 1.54) is 147 Å². The number of hydrogen-bond donors (Lipinski definition) is 0. The van der Waals surface area contributed by atoms with Crippen molar-refractivity contribution in [2.24, 2.45) is 0 Å². The molecular weight excluding hydrogens is 1660 g/mol. The van der Waals surface area contributed by atoms with E-state index in [0.717, 1.165) is 66.4 Å². The van der Waals surface area contributed by atoms with Crippen LogP contribution in [0.15, 0.2) is 511 Å². The zero-order valence-corrected chi connectivity index (χ0v) is 73.9. The first kappa shape index (κ1) is 82.1. The smallest absolute Gasteiger partial charge is 0.184 e. The molecule has 2 aliphatic rings. The van der Waals surface area contributed by atoms with E-state index in [2.05, 4.69) is 488 Å². The normalized spacial score (nSPS) is 12.5. The second-order valence-corrected chi connectivity index (χ2v) is 41.1. The fraction of sp³-hybridized carbons (Fsp3) is 0.0164. The third-order valence-electron chi connectivity index (χ3n) is 25.8. The second kappa shape index (κ2) is 35.7. The molecule has 0 unspecified atom stereocenters. The number of anilines is 3. The molecule has 2 aliphatic heterocycles. The van der Waals surface area contributed by atoms with Gasteiger partial charge in [-0.1, -0.05) is 468 Å². The molecule has 3 radical (unpaired) electrons. The molecule has 0 atom stereocenters. The summed E-state index contributed by atoms with van der Waals surface area (Å²) < 4.78 is 13.6. The second-order valence-electron chi connectivity index (χ2n) is 32.8. The van der Waals surface area contributed by atoms with Crippen LogP contribution >= 0.6 is 15.9 Å². The van der Waals surface area contributed by atoms with Gasteiger partial charge in [0.2, 0.25) is 0 Å². The first-order valence-corrected chi connectivity index (χ1v) is 48.4. The van der Waals surface area contributed by atoms with Crippen molar-refractivity contribution in [2.45, 2.75) is 13.8 Å². The molecule has 22 aromatic rings. The molecule has 0 N–H and O–H groups in total. The van der Waals surface area contributed by atoms with Crippen molar-refractivity contribution in [3.05, 3.63) is 513 Å². The maximum atomic E-state index is 6.87. The van der Waals surface area contributed by atoms with E-state index in [9.17, 15) is 0 Å². The minimum absolute atomic E-state index is 0. The van der Waals surface area contributed by atoms with Gasteiger partial charge in [0.25, 0.3) is 0 Å².